The summed E-state index contributed by atoms with van der Waals surface area (Å²) in [6.07, 6.45) is -1.67. The first-order valence-corrected chi connectivity index (χ1v) is 13.1. The number of ether oxygens (including phenoxy) is 3. The minimum absolute atomic E-state index is 0.126. The molecule has 2 aliphatic heterocycles. The van der Waals surface area contributed by atoms with E-state index in [4.69, 9.17) is 19.2 Å². The van der Waals surface area contributed by atoms with Crippen molar-refractivity contribution in [2.45, 2.75) is 64.3 Å². The first kappa shape index (κ1) is 27.5. The second kappa shape index (κ2) is 10.5. The molecule has 1 N–H and O–H groups in total. The van der Waals surface area contributed by atoms with Crippen molar-refractivity contribution in [3.05, 3.63) is 46.9 Å². The standard InChI is InChI=1S/C28H33F3N4O4/c1-16-11-21(34-24(22-15-38-10-7-32-22)23(16)17-5-8-37-9-6-17)18-12-19-20(28(29,30)31)14-35(25(19)33-13-18)26(36)39-27(2,3)4/h11-14,17,22,32H,5-10,15H2,1-4H3. The topological polar surface area (TPSA) is 87.5 Å². The van der Waals surface area contributed by atoms with Gasteiger partial charge in [-0.25, -0.2) is 14.3 Å². The minimum Gasteiger partial charge on any atom is -0.443 e. The number of rotatable bonds is 3. The van der Waals surface area contributed by atoms with E-state index in [2.05, 4.69) is 10.3 Å². The summed E-state index contributed by atoms with van der Waals surface area (Å²) in [7, 11) is 0. The van der Waals surface area contributed by atoms with Crippen LogP contribution in [0.1, 0.15) is 68.0 Å². The molecule has 0 saturated carbocycles. The van der Waals surface area contributed by atoms with Crippen molar-refractivity contribution < 1.29 is 32.2 Å². The van der Waals surface area contributed by atoms with Crippen LogP contribution >= 0.6 is 0 Å². The molecule has 0 radical (unpaired) electrons. The number of aryl methyl sites for hydroxylation is 1. The Labute approximate surface area is 224 Å². The zero-order valence-corrected chi connectivity index (χ0v) is 22.5. The Morgan fingerprint density at radius 3 is 2.51 bits per heavy atom. The third kappa shape index (κ3) is 5.80. The van der Waals surface area contributed by atoms with Gasteiger partial charge in [-0.15, -0.1) is 0 Å². The summed E-state index contributed by atoms with van der Waals surface area (Å²) >= 11 is 0. The lowest BCUT2D eigenvalue weighted by molar-refractivity contribution is -0.136. The number of pyridine rings is 2. The van der Waals surface area contributed by atoms with Crippen molar-refractivity contribution in [3.63, 3.8) is 0 Å². The van der Waals surface area contributed by atoms with Gasteiger partial charge in [-0.1, -0.05) is 0 Å². The predicted octanol–water partition coefficient (Wildman–Crippen LogP) is 5.76. The van der Waals surface area contributed by atoms with E-state index in [1.807, 2.05) is 13.0 Å². The summed E-state index contributed by atoms with van der Waals surface area (Å²) in [5.41, 5.74) is 1.97. The van der Waals surface area contributed by atoms with Crippen LogP contribution in [0.5, 0.6) is 0 Å². The number of halogens is 3. The van der Waals surface area contributed by atoms with Gasteiger partial charge in [-0.2, -0.15) is 13.2 Å². The quantitative estimate of drug-likeness (QED) is 0.447. The largest absolute Gasteiger partial charge is 0.443 e. The number of hydrogen-bond acceptors (Lipinski definition) is 7. The van der Waals surface area contributed by atoms with Gasteiger partial charge >= 0.3 is 12.3 Å². The summed E-state index contributed by atoms with van der Waals surface area (Å²) in [6, 6.07) is 3.17. The molecule has 2 fully saturated rings. The predicted molar refractivity (Wildman–Crippen MR) is 139 cm³/mol. The van der Waals surface area contributed by atoms with Crippen LogP contribution < -0.4 is 5.32 Å². The molecule has 8 nitrogen and oxygen atoms in total. The number of alkyl halides is 3. The first-order valence-electron chi connectivity index (χ1n) is 13.1. The number of nitrogens with one attached hydrogen (secondary N) is 1. The molecule has 39 heavy (non-hydrogen) atoms. The Morgan fingerprint density at radius 1 is 1.13 bits per heavy atom. The molecule has 2 aliphatic rings. The highest BCUT2D eigenvalue weighted by molar-refractivity contribution is 5.92. The van der Waals surface area contributed by atoms with E-state index in [0.29, 0.717) is 44.2 Å². The molecule has 0 amide bonds. The fourth-order valence-electron chi connectivity index (χ4n) is 5.30. The summed E-state index contributed by atoms with van der Waals surface area (Å²) in [5, 5.41) is 3.28. The number of hydrogen-bond donors (Lipinski definition) is 1. The molecule has 0 spiro atoms. The maximum absolute atomic E-state index is 14.1. The molecule has 5 rings (SSSR count). The van der Waals surface area contributed by atoms with Gasteiger partial charge in [0.25, 0.3) is 0 Å². The third-order valence-electron chi connectivity index (χ3n) is 7.01. The molecule has 0 bridgehead atoms. The maximum atomic E-state index is 14.1. The van der Waals surface area contributed by atoms with E-state index in [1.165, 1.54) is 12.3 Å². The molecule has 1 atom stereocenters. The molecule has 0 aliphatic carbocycles. The zero-order chi connectivity index (χ0) is 27.9. The van der Waals surface area contributed by atoms with Gasteiger partial charge in [0.2, 0.25) is 0 Å². The number of aromatic nitrogens is 3. The van der Waals surface area contributed by atoms with E-state index < -0.39 is 23.4 Å². The number of fused-ring (bicyclic) bond motifs is 1. The van der Waals surface area contributed by atoms with Crippen LogP contribution in [0.15, 0.2) is 24.5 Å². The normalized spacial score (nSPS) is 19.4. The van der Waals surface area contributed by atoms with Crippen molar-refractivity contribution in [1.82, 2.24) is 19.9 Å². The third-order valence-corrected chi connectivity index (χ3v) is 7.01. The average Bonchev–Trinajstić information content (AvgIpc) is 3.28. The molecule has 3 aromatic rings. The molecule has 0 aromatic carbocycles. The molecule has 5 heterocycles. The molecular weight excluding hydrogens is 513 g/mol. The lowest BCUT2D eigenvalue weighted by Gasteiger charge is -2.31. The summed E-state index contributed by atoms with van der Waals surface area (Å²) < 4.78 is 59.6. The van der Waals surface area contributed by atoms with Crippen LogP contribution in [0.4, 0.5) is 18.0 Å². The lowest BCUT2D eigenvalue weighted by atomic mass is 9.85. The van der Waals surface area contributed by atoms with Gasteiger partial charge in [-0.05, 0) is 69.7 Å². The van der Waals surface area contributed by atoms with Crippen LogP contribution in [0.2, 0.25) is 0 Å². The van der Waals surface area contributed by atoms with Crippen LogP contribution in [-0.4, -0.2) is 59.2 Å². The van der Waals surface area contributed by atoms with Crippen LogP contribution in [0, 0.1) is 6.92 Å². The van der Waals surface area contributed by atoms with Crippen molar-refractivity contribution in [2.75, 3.05) is 33.0 Å². The van der Waals surface area contributed by atoms with Gasteiger partial charge in [-0.3, -0.25) is 4.98 Å². The summed E-state index contributed by atoms with van der Waals surface area (Å²) in [6.45, 7) is 10.1. The van der Waals surface area contributed by atoms with Gasteiger partial charge in [0.05, 0.1) is 36.2 Å². The van der Waals surface area contributed by atoms with Gasteiger partial charge < -0.3 is 19.5 Å². The Kier molecular flexibility index (Phi) is 7.43. The van der Waals surface area contributed by atoms with Gasteiger partial charge in [0, 0.05) is 43.1 Å². The Morgan fingerprint density at radius 2 is 1.87 bits per heavy atom. The monoisotopic (exact) mass is 546 g/mol. The zero-order valence-electron chi connectivity index (χ0n) is 22.5. The van der Waals surface area contributed by atoms with Crippen LogP contribution in [0.3, 0.4) is 0 Å². The Balaban J connectivity index is 1.63. The fourth-order valence-corrected chi connectivity index (χ4v) is 5.30. The second-order valence-electron chi connectivity index (χ2n) is 11.1. The highest BCUT2D eigenvalue weighted by Crippen LogP contribution is 2.39. The molecular formula is C28H33F3N4O4. The minimum atomic E-state index is -4.70. The Bertz CT molecular complexity index is 1370. The van der Waals surface area contributed by atoms with Gasteiger partial charge in [0.1, 0.15) is 11.2 Å². The SMILES string of the molecule is Cc1cc(-c2cnc3c(c2)c(C(F)(F)F)cn3C(=O)OC(C)(C)C)nc(C2COCCN2)c1C1CCOCC1. The van der Waals surface area contributed by atoms with Crippen molar-refractivity contribution in [2.24, 2.45) is 0 Å². The van der Waals surface area contributed by atoms with Crippen molar-refractivity contribution >= 4 is 17.1 Å². The molecule has 2 saturated heterocycles. The number of morpholine rings is 1. The number of carbonyl (C=O) groups is 1. The van der Waals surface area contributed by atoms with E-state index in [9.17, 15) is 18.0 Å². The molecule has 1 unspecified atom stereocenters. The van der Waals surface area contributed by atoms with Gasteiger partial charge in [0.15, 0.2) is 0 Å². The summed E-state index contributed by atoms with van der Waals surface area (Å²) in [4.78, 5) is 22.0. The van der Waals surface area contributed by atoms with E-state index in [1.54, 1.807) is 20.8 Å². The fraction of sp³-hybridized carbons (Fsp3) is 0.536. The van der Waals surface area contributed by atoms with Crippen molar-refractivity contribution in [3.8, 4) is 11.3 Å². The first-order chi connectivity index (χ1) is 18.4. The number of carbonyl (C=O) groups excluding carboxylic acids is 1. The molecule has 210 valence electrons. The molecule has 11 heteroatoms. The second-order valence-corrected chi connectivity index (χ2v) is 11.1. The lowest BCUT2D eigenvalue weighted by Crippen LogP contribution is -2.36. The maximum Gasteiger partial charge on any atom is 0.420 e. The van der Waals surface area contributed by atoms with Crippen LogP contribution in [0.25, 0.3) is 22.3 Å². The Hall–Kier alpha value is -3.02. The van der Waals surface area contributed by atoms with Crippen molar-refractivity contribution in [1.29, 1.82) is 0 Å². The van der Waals surface area contributed by atoms with Crippen LogP contribution in [-0.2, 0) is 20.4 Å². The smallest absolute Gasteiger partial charge is 0.420 e. The average molecular weight is 547 g/mol. The van der Waals surface area contributed by atoms with E-state index in [0.717, 1.165) is 40.4 Å². The highest BCUT2D eigenvalue weighted by Gasteiger charge is 2.37. The number of nitrogens with zero attached hydrogens (tertiary/aromatic N) is 3. The highest BCUT2D eigenvalue weighted by atomic mass is 19.4. The van der Waals surface area contributed by atoms with E-state index >= 15 is 0 Å². The van der Waals surface area contributed by atoms with E-state index in [-0.39, 0.29) is 23.0 Å². The summed E-state index contributed by atoms with van der Waals surface area (Å²) in [5.74, 6) is 0.277. The molecule has 3 aromatic heterocycles.